The first kappa shape index (κ1) is 28.0. The van der Waals surface area contributed by atoms with Crippen LogP contribution in [0.25, 0.3) is 11.3 Å². The lowest BCUT2D eigenvalue weighted by molar-refractivity contribution is -0.187. The molecule has 1 aromatic heterocycles. The molecule has 9 atom stereocenters. The van der Waals surface area contributed by atoms with Crippen molar-refractivity contribution in [3.63, 3.8) is 0 Å². The van der Waals surface area contributed by atoms with E-state index in [1.54, 1.807) is 30.5 Å². The van der Waals surface area contributed by atoms with Gasteiger partial charge in [-0.05, 0) is 50.3 Å². The topological polar surface area (TPSA) is 109 Å². The number of methoxy groups -OCH3 is 1. The fourth-order valence-electron chi connectivity index (χ4n) is 9.74. The van der Waals surface area contributed by atoms with Gasteiger partial charge in [0, 0.05) is 45.8 Å². The summed E-state index contributed by atoms with van der Waals surface area (Å²) >= 11 is 0. The van der Waals surface area contributed by atoms with Crippen LogP contribution in [-0.2, 0) is 28.6 Å². The van der Waals surface area contributed by atoms with Gasteiger partial charge in [0.25, 0.3) is 0 Å². The van der Waals surface area contributed by atoms with Crippen molar-refractivity contribution < 1.29 is 37.8 Å². The van der Waals surface area contributed by atoms with Gasteiger partial charge in [0.2, 0.25) is 0 Å². The SMILES string of the molecule is COC(=O)CC[C@H]1[C@]2(C)C3=C(C)[C@H](c4ccoc4-c4ccc(C=O)cc4)C[C@H]3O[C@@H]2[C@@H]2OC(=O)[C@]3(C)C=CC(=O)[C@@]1(C)[C@@H]23. The van der Waals surface area contributed by atoms with Gasteiger partial charge in [0.15, 0.2) is 5.78 Å². The molecule has 7 rings (SSSR count). The predicted molar refractivity (Wildman–Crippen MR) is 155 cm³/mol. The zero-order valence-electron chi connectivity index (χ0n) is 25.0. The molecule has 0 N–H and O–H groups in total. The van der Waals surface area contributed by atoms with E-state index >= 15 is 0 Å². The number of ketones is 1. The van der Waals surface area contributed by atoms with E-state index in [1.807, 2.05) is 32.0 Å². The highest BCUT2D eigenvalue weighted by atomic mass is 16.6. The van der Waals surface area contributed by atoms with Gasteiger partial charge in [0.05, 0.1) is 24.9 Å². The highest BCUT2D eigenvalue weighted by Gasteiger charge is 2.77. The first-order valence-corrected chi connectivity index (χ1v) is 15.0. The van der Waals surface area contributed by atoms with Crippen LogP contribution in [0.2, 0.25) is 0 Å². The van der Waals surface area contributed by atoms with E-state index in [-0.39, 0.29) is 42.1 Å². The highest BCUT2D eigenvalue weighted by molar-refractivity contribution is 6.00. The van der Waals surface area contributed by atoms with E-state index in [1.165, 1.54) is 7.11 Å². The summed E-state index contributed by atoms with van der Waals surface area (Å²) < 4.78 is 24.1. The summed E-state index contributed by atoms with van der Waals surface area (Å²) in [6, 6.07) is 9.31. The average Bonchev–Trinajstić information content (AvgIpc) is 3.73. The van der Waals surface area contributed by atoms with Crippen LogP contribution in [0.3, 0.4) is 0 Å². The van der Waals surface area contributed by atoms with Crippen LogP contribution < -0.4 is 0 Å². The Bertz CT molecular complexity index is 1610. The monoisotopic (exact) mass is 584 g/mol. The number of furan rings is 1. The molecule has 0 bridgehead atoms. The molecule has 1 aromatic carbocycles. The normalized spacial score (nSPS) is 38.9. The number of esters is 2. The fourth-order valence-corrected chi connectivity index (χ4v) is 9.74. The Hall–Kier alpha value is -3.78. The first-order chi connectivity index (χ1) is 20.5. The molecule has 1 saturated carbocycles. The van der Waals surface area contributed by atoms with Crippen LogP contribution in [-0.4, -0.2) is 49.4 Å². The molecule has 8 nitrogen and oxygen atoms in total. The van der Waals surface area contributed by atoms with Gasteiger partial charge >= 0.3 is 11.9 Å². The molecule has 0 spiro atoms. The zero-order valence-corrected chi connectivity index (χ0v) is 25.0. The molecule has 2 aliphatic heterocycles. The van der Waals surface area contributed by atoms with Crippen LogP contribution in [0.5, 0.6) is 0 Å². The number of rotatable bonds is 6. The molecule has 43 heavy (non-hydrogen) atoms. The largest absolute Gasteiger partial charge is 0.469 e. The van der Waals surface area contributed by atoms with Crippen LogP contribution in [0.1, 0.15) is 68.8 Å². The second-order valence-electron chi connectivity index (χ2n) is 13.4. The Morgan fingerprint density at radius 3 is 2.53 bits per heavy atom. The standard InChI is InChI=1S/C35H36O8/c1-18-22(21-13-15-41-28(21)20-8-6-19(17-36)7-9-20)16-23-27(18)35(4)24(10-11-26(38)40-5)34(3)25(37)12-14-33(2)30(34)29(31(35)42-23)43-32(33)39/h6-9,12-15,17,22-24,29-31H,10-11,16H2,1-5H3/t22-,23-,24-,29-,30+,31-,33-,34+,35-/m1/s1. The Kier molecular flexibility index (Phi) is 6.10. The van der Waals surface area contributed by atoms with Gasteiger partial charge in [-0.1, -0.05) is 49.8 Å². The second-order valence-corrected chi connectivity index (χ2v) is 13.4. The molecular formula is C35H36O8. The van der Waals surface area contributed by atoms with Gasteiger partial charge < -0.3 is 18.6 Å². The van der Waals surface area contributed by atoms with Crippen LogP contribution in [0.15, 0.2) is 64.3 Å². The highest BCUT2D eigenvalue weighted by Crippen LogP contribution is 2.72. The maximum Gasteiger partial charge on any atom is 0.316 e. The van der Waals surface area contributed by atoms with Crippen LogP contribution in [0.4, 0.5) is 0 Å². The fraction of sp³-hybridized carbons (Fsp3) is 0.486. The molecule has 3 heterocycles. The lowest BCUT2D eigenvalue weighted by Crippen LogP contribution is -2.65. The number of hydrogen-bond acceptors (Lipinski definition) is 8. The molecule has 5 aliphatic rings. The Morgan fingerprint density at radius 2 is 1.84 bits per heavy atom. The van der Waals surface area contributed by atoms with Gasteiger partial charge in [-0.2, -0.15) is 0 Å². The van der Waals surface area contributed by atoms with Crippen molar-refractivity contribution in [3.05, 3.63) is 71.0 Å². The summed E-state index contributed by atoms with van der Waals surface area (Å²) in [5.41, 5.74) is 2.22. The van der Waals surface area contributed by atoms with Crippen molar-refractivity contribution in [1.29, 1.82) is 0 Å². The minimum Gasteiger partial charge on any atom is -0.469 e. The van der Waals surface area contributed by atoms with Crippen molar-refractivity contribution in [1.82, 2.24) is 0 Å². The maximum absolute atomic E-state index is 14.0. The number of allylic oxidation sites excluding steroid dienone is 2. The van der Waals surface area contributed by atoms with Crippen molar-refractivity contribution in [2.45, 2.75) is 71.2 Å². The van der Waals surface area contributed by atoms with E-state index in [2.05, 4.69) is 13.8 Å². The summed E-state index contributed by atoms with van der Waals surface area (Å²) in [6.45, 7) is 8.10. The van der Waals surface area contributed by atoms with Crippen LogP contribution in [0, 0.1) is 28.1 Å². The third-order valence-corrected chi connectivity index (χ3v) is 11.6. The van der Waals surface area contributed by atoms with Crippen LogP contribution >= 0.6 is 0 Å². The second kappa shape index (κ2) is 9.36. The molecule has 0 amide bonds. The lowest BCUT2D eigenvalue weighted by Gasteiger charge is -2.59. The molecule has 0 unspecified atom stereocenters. The minimum atomic E-state index is -0.954. The van der Waals surface area contributed by atoms with E-state index in [4.69, 9.17) is 18.6 Å². The van der Waals surface area contributed by atoms with E-state index in [9.17, 15) is 19.2 Å². The molecule has 2 aromatic rings. The van der Waals surface area contributed by atoms with Crippen molar-refractivity contribution >= 4 is 24.0 Å². The summed E-state index contributed by atoms with van der Waals surface area (Å²) in [4.78, 5) is 51.1. The van der Waals surface area contributed by atoms with Crippen molar-refractivity contribution in [3.8, 4) is 11.3 Å². The summed E-state index contributed by atoms with van der Waals surface area (Å²) in [5, 5.41) is 0. The third kappa shape index (κ3) is 3.53. The maximum atomic E-state index is 14.0. The number of ether oxygens (including phenoxy) is 3. The molecule has 8 heteroatoms. The molecule has 0 radical (unpaired) electrons. The number of carbonyl (C=O) groups excluding carboxylic acids is 4. The number of hydrogen-bond donors (Lipinski definition) is 0. The number of benzene rings is 1. The predicted octanol–water partition coefficient (Wildman–Crippen LogP) is 5.61. The van der Waals surface area contributed by atoms with E-state index in [0.29, 0.717) is 18.4 Å². The Morgan fingerprint density at radius 1 is 1.09 bits per heavy atom. The summed E-state index contributed by atoms with van der Waals surface area (Å²) in [5.74, 6) is -0.667. The quantitative estimate of drug-likeness (QED) is 0.245. The molecule has 2 saturated heterocycles. The van der Waals surface area contributed by atoms with E-state index < -0.39 is 34.4 Å². The number of carbonyl (C=O) groups is 4. The number of aldehydes is 1. The van der Waals surface area contributed by atoms with Crippen molar-refractivity contribution in [2.75, 3.05) is 7.11 Å². The zero-order chi connectivity index (χ0) is 30.5. The molecular weight excluding hydrogens is 548 g/mol. The van der Waals surface area contributed by atoms with Gasteiger partial charge in [0.1, 0.15) is 24.3 Å². The number of fused-ring (bicyclic) bond motifs is 4. The molecule has 3 fully saturated rings. The van der Waals surface area contributed by atoms with E-state index in [0.717, 1.165) is 34.3 Å². The summed E-state index contributed by atoms with van der Waals surface area (Å²) in [6.07, 6.45) is 5.75. The van der Waals surface area contributed by atoms with Gasteiger partial charge in [-0.15, -0.1) is 0 Å². The minimum absolute atomic E-state index is 0.00223. The molecule has 224 valence electrons. The Labute approximate surface area is 250 Å². The summed E-state index contributed by atoms with van der Waals surface area (Å²) in [7, 11) is 1.37. The smallest absolute Gasteiger partial charge is 0.316 e. The Balaban J connectivity index is 1.36. The third-order valence-electron chi connectivity index (χ3n) is 11.6. The van der Waals surface area contributed by atoms with Gasteiger partial charge in [-0.25, -0.2) is 0 Å². The molecule has 3 aliphatic carbocycles. The van der Waals surface area contributed by atoms with Crippen molar-refractivity contribution in [2.24, 2.45) is 28.1 Å². The average molecular weight is 585 g/mol. The lowest BCUT2D eigenvalue weighted by atomic mass is 9.42. The first-order valence-electron chi connectivity index (χ1n) is 15.0. The van der Waals surface area contributed by atoms with Gasteiger partial charge in [-0.3, -0.25) is 19.2 Å².